The summed E-state index contributed by atoms with van der Waals surface area (Å²) in [6.45, 7) is 4.50. The molecule has 1 aliphatic carbocycles. The average molecular weight is 336 g/mol. The van der Waals surface area contributed by atoms with Crippen molar-refractivity contribution in [3.63, 3.8) is 0 Å². The summed E-state index contributed by atoms with van der Waals surface area (Å²) in [7, 11) is 1.76. The van der Waals surface area contributed by atoms with E-state index in [0.717, 1.165) is 22.4 Å². The maximum atomic E-state index is 12.9. The molecule has 0 saturated heterocycles. The van der Waals surface area contributed by atoms with Crippen LogP contribution in [0.2, 0.25) is 0 Å². The second-order valence-corrected chi connectivity index (χ2v) is 7.06. The van der Waals surface area contributed by atoms with Crippen LogP contribution in [0.1, 0.15) is 29.5 Å². The van der Waals surface area contributed by atoms with Crippen molar-refractivity contribution in [3.8, 4) is 0 Å². The van der Waals surface area contributed by atoms with Gasteiger partial charge in [-0.15, -0.1) is 0 Å². The highest BCUT2D eigenvalue weighted by atomic mass is 16.2. The summed E-state index contributed by atoms with van der Waals surface area (Å²) in [4.78, 5) is 27.3. The molecule has 0 radical (unpaired) electrons. The lowest BCUT2D eigenvalue weighted by molar-refractivity contribution is -0.141. The number of carbonyl (C=O) groups is 2. The van der Waals surface area contributed by atoms with E-state index in [2.05, 4.69) is 11.4 Å². The van der Waals surface area contributed by atoms with Gasteiger partial charge in [-0.2, -0.15) is 0 Å². The molecule has 2 aromatic carbocycles. The van der Waals surface area contributed by atoms with Crippen molar-refractivity contribution in [3.05, 3.63) is 65.2 Å². The molecule has 1 saturated carbocycles. The van der Waals surface area contributed by atoms with Crippen LogP contribution in [0, 0.1) is 19.3 Å². The molecule has 2 amide bonds. The molecule has 4 heteroatoms. The smallest absolute Gasteiger partial charge is 0.240 e. The van der Waals surface area contributed by atoms with Gasteiger partial charge in [-0.3, -0.25) is 9.59 Å². The van der Waals surface area contributed by atoms with Gasteiger partial charge in [0.15, 0.2) is 0 Å². The minimum Gasteiger partial charge on any atom is -0.340 e. The number of hydrogen-bond donors (Lipinski definition) is 1. The van der Waals surface area contributed by atoms with E-state index >= 15 is 0 Å². The molecule has 0 bridgehead atoms. The van der Waals surface area contributed by atoms with Crippen molar-refractivity contribution in [2.45, 2.75) is 33.2 Å². The number of nitrogens with one attached hydrogen (secondary N) is 1. The molecule has 0 heterocycles. The molecule has 1 fully saturated rings. The second kappa shape index (κ2) is 6.71. The monoisotopic (exact) mass is 336 g/mol. The van der Waals surface area contributed by atoms with Gasteiger partial charge < -0.3 is 10.2 Å². The summed E-state index contributed by atoms with van der Waals surface area (Å²) >= 11 is 0. The van der Waals surface area contributed by atoms with E-state index in [-0.39, 0.29) is 11.8 Å². The first kappa shape index (κ1) is 17.2. The van der Waals surface area contributed by atoms with Crippen LogP contribution >= 0.6 is 0 Å². The molecule has 1 N–H and O–H groups in total. The van der Waals surface area contributed by atoms with Gasteiger partial charge in [0, 0.05) is 19.3 Å². The third-order valence-corrected chi connectivity index (χ3v) is 4.68. The van der Waals surface area contributed by atoms with Gasteiger partial charge in [-0.05, 0) is 55.5 Å². The highest BCUT2D eigenvalue weighted by molar-refractivity contribution is 6.13. The highest BCUT2D eigenvalue weighted by Gasteiger charge is 2.57. The number of aryl methyl sites for hydroxylation is 2. The van der Waals surface area contributed by atoms with Crippen LogP contribution in [0.25, 0.3) is 0 Å². The first-order valence-corrected chi connectivity index (χ1v) is 8.60. The van der Waals surface area contributed by atoms with Crippen molar-refractivity contribution in [2.24, 2.45) is 5.41 Å². The van der Waals surface area contributed by atoms with Gasteiger partial charge in [0.1, 0.15) is 5.41 Å². The zero-order valence-electron chi connectivity index (χ0n) is 15.0. The highest BCUT2D eigenvalue weighted by Crippen LogP contribution is 2.48. The minimum absolute atomic E-state index is 0.0989. The van der Waals surface area contributed by atoms with E-state index in [0.29, 0.717) is 19.4 Å². The SMILES string of the molecule is Cc1cc(C)cc(NC(=O)C2(C(=O)N(C)Cc3ccccc3)CC2)c1. The van der Waals surface area contributed by atoms with Crippen LogP contribution in [0.15, 0.2) is 48.5 Å². The van der Waals surface area contributed by atoms with Gasteiger partial charge in [-0.25, -0.2) is 0 Å². The molecule has 0 spiro atoms. The average Bonchev–Trinajstić information content (AvgIpc) is 3.36. The summed E-state index contributed by atoms with van der Waals surface area (Å²) in [5.41, 5.74) is 3.10. The lowest BCUT2D eigenvalue weighted by Gasteiger charge is -2.23. The molecular weight excluding hydrogens is 312 g/mol. The zero-order valence-corrected chi connectivity index (χ0v) is 15.0. The van der Waals surface area contributed by atoms with Crippen LogP contribution in [0.4, 0.5) is 5.69 Å². The van der Waals surface area contributed by atoms with Crippen molar-refractivity contribution < 1.29 is 9.59 Å². The van der Waals surface area contributed by atoms with E-state index < -0.39 is 5.41 Å². The number of benzene rings is 2. The standard InChI is InChI=1S/C21H24N2O2/c1-15-11-16(2)13-18(12-15)22-19(24)21(9-10-21)20(25)23(3)14-17-7-5-4-6-8-17/h4-8,11-13H,9-10,14H2,1-3H3,(H,22,24). The molecule has 4 nitrogen and oxygen atoms in total. The fourth-order valence-corrected chi connectivity index (χ4v) is 3.26. The molecule has 0 aliphatic heterocycles. The summed E-state index contributed by atoms with van der Waals surface area (Å²) in [6, 6.07) is 15.7. The van der Waals surface area contributed by atoms with E-state index in [4.69, 9.17) is 0 Å². The molecule has 2 aromatic rings. The Hall–Kier alpha value is -2.62. The van der Waals surface area contributed by atoms with E-state index in [1.807, 2.05) is 56.3 Å². The quantitative estimate of drug-likeness (QED) is 0.847. The van der Waals surface area contributed by atoms with Crippen molar-refractivity contribution in [2.75, 3.05) is 12.4 Å². The molecular formula is C21H24N2O2. The molecule has 3 rings (SSSR count). The van der Waals surface area contributed by atoms with Crippen LogP contribution < -0.4 is 5.32 Å². The first-order chi connectivity index (χ1) is 11.9. The van der Waals surface area contributed by atoms with Gasteiger partial charge in [0.25, 0.3) is 0 Å². The van der Waals surface area contributed by atoms with Crippen molar-refractivity contribution >= 4 is 17.5 Å². The molecule has 0 aromatic heterocycles. The number of hydrogen-bond acceptors (Lipinski definition) is 2. The van der Waals surface area contributed by atoms with Gasteiger partial charge in [-0.1, -0.05) is 36.4 Å². The predicted octanol–water partition coefficient (Wildman–Crippen LogP) is 3.68. The Morgan fingerprint density at radius 3 is 2.20 bits per heavy atom. The number of amides is 2. The minimum atomic E-state index is -0.902. The fourth-order valence-electron chi connectivity index (χ4n) is 3.26. The summed E-state index contributed by atoms with van der Waals surface area (Å²) in [5, 5.41) is 2.94. The maximum Gasteiger partial charge on any atom is 0.240 e. The lowest BCUT2D eigenvalue weighted by Crippen LogP contribution is -2.40. The Labute approximate surface area is 148 Å². The Kier molecular flexibility index (Phi) is 4.62. The summed E-state index contributed by atoms with van der Waals surface area (Å²) in [5.74, 6) is -0.291. The van der Waals surface area contributed by atoms with E-state index in [9.17, 15) is 9.59 Å². The fraction of sp³-hybridized carbons (Fsp3) is 0.333. The number of carbonyl (C=O) groups excluding carboxylic acids is 2. The van der Waals surface area contributed by atoms with Crippen LogP contribution in [0.3, 0.4) is 0 Å². The Balaban J connectivity index is 1.70. The first-order valence-electron chi connectivity index (χ1n) is 8.60. The van der Waals surface area contributed by atoms with Crippen molar-refractivity contribution in [1.29, 1.82) is 0 Å². The van der Waals surface area contributed by atoms with E-state index in [1.165, 1.54) is 0 Å². The second-order valence-electron chi connectivity index (χ2n) is 7.06. The summed E-state index contributed by atoms with van der Waals surface area (Å²) < 4.78 is 0. The Bertz CT molecular complexity index is 775. The zero-order chi connectivity index (χ0) is 18.0. The van der Waals surface area contributed by atoms with Crippen LogP contribution in [-0.2, 0) is 16.1 Å². The molecule has 130 valence electrons. The Morgan fingerprint density at radius 1 is 1.04 bits per heavy atom. The van der Waals surface area contributed by atoms with Gasteiger partial charge in [0.2, 0.25) is 11.8 Å². The molecule has 0 atom stereocenters. The maximum absolute atomic E-state index is 12.9. The number of anilines is 1. The van der Waals surface area contributed by atoms with Gasteiger partial charge in [0.05, 0.1) is 0 Å². The third-order valence-electron chi connectivity index (χ3n) is 4.68. The third kappa shape index (κ3) is 3.73. The topological polar surface area (TPSA) is 49.4 Å². The number of nitrogens with zero attached hydrogens (tertiary/aromatic N) is 1. The van der Waals surface area contributed by atoms with Crippen LogP contribution in [0.5, 0.6) is 0 Å². The van der Waals surface area contributed by atoms with Crippen LogP contribution in [-0.4, -0.2) is 23.8 Å². The van der Waals surface area contributed by atoms with Crippen molar-refractivity contribution in [1.82, 2.24) is 4.90 Å². The molecule has 0 unspecified atom stereocenters. The molecule has 1 aliphatic rings. The largest absolute Gasteiger partial charge is 0.340 e. The van der Waals surface area contributed by atoms with E-state index in [1.54, 1.807) is 11.9 Å². The normalized spacial score (nSPS) is 14.7. The molecule has 25 heavy (non-hydrogen) atoms. The Morgan fingerprint density at radius 2 is 1.64 bits per heavy atom. The lowest BCUT2D eigenvalue weighted by atomic mass is 10.0. The summed E-state index contributed by atoms with van der Waals surface area (Å²) in [6.07, 6.45) is 1.23. The van der Waals surface area contributed by atoms with Gasteiger partial charge >= 0.3 is 0 Å². The number of rotatable bonds is 5. The predicted molar refractivity (Wildman–Crippen MR) is 99.1 cm³/mol.